The van der Waals surface area contributed by atoms with Gasteiger partial charge in [0.05, 0.1) is 12.1 Å². The number of aliphatic carboxylic acids is 1. The van der Waals surface area contributed by atoms with E-state index < -0.39 is 35.8 Å². The van der Waals surface area contributed by atoms with Crippen LogP contribution in [0.1, 0.15) is 50.7 Å². The minimum Gasteiger partial charge on any atom is -0.492 e. The van der Waals surface area contributed by atoms with Crippen molar-refractivity contribution in [3.05, 3.63) is 59.7 Å². The number of ether oxygens (including phenoxy) is 3. The number of hydrogen-bond donors (Lipinski definition) is 1. The van der Waals surface area contributed by atoms with E-state index in [4.69, 9.17) is 14.2 Å². The maximum atomic E-state index is 13.1. The summed E-state index contributed by atoms with van der Waals surface area (Å²) in [6.45, 7) is 3.10. The number of rotatable bonds is 16. The van der Waals surface area contributed by atoms with Gasteiger partial charge in [0.2, 0.25) is 5.92 Å². The highest BCUT2D eigenvalue weighted by Crippen LogP contribution is 2.30. The van der Waals surface area contributed by atoms with Crippen LogP contribution in [0.2, 0.25) is 0 Å². The van der Waals surface area contributed by atoms with Crippen molar-refractivity contribution in [3.63, 3.8) is 0 Å². The van der Waals surface area contributed by atoms with Crippen LogP contribution < -0.4 is 9.47 Å². The minimum absolute atomic E-state index is 0.0468. The van der Waals surface area contributed by atoms with Gasteiger partial charge in [-0.25, -0.2) is 18.4 Å². The summed E-state index contributed by atoms with van der Waals surface area (Å²) in [7, 11) is 0. The molecule has 2 aromatic carbocycles. The molecular formula is C28H34F5NO6. The summed E-state index contributed by atoms with van der Waals surface area (Å²) in [6.07, 6.45) is -5.29. The average Bonchev–Trinajstić information content (AvgIpc) is 2.87. The van der Waals surface area contributed by atoms with Crippen LogP contribution in [0, 0.1) is 0 Å². The molecule has 0 aromatic heterocycles. The van der Waals surface area contributed by atoms with Gasteiger partial charge in [-0.3, -0.25) is 0 Å². The highest BCUT2D eigenvalue weighted by molar-refractivity contribution is 5.72. The lowest BCUT2D eigenvalue weighted by atomic mass is 10.1. The van der Waals surface area contributed by atoms with Crippen LogP contribution in [0.15, 0.2) is 48.5 Å². The summed E-state index contributed by atoms with van der Waals surface area (Å²) >= 11 is 0. The van der Waals surface area contributed by atoms with Gasteiger partial charge in [-0.1, -0.05) is 18.6 Å². The molecule has 0 radical (unpaired) electrons. The summed E-state index contributed by atoms with van der Waals surface area (Å²) in [4.78, 5) is 25.3. The monoisotopic (exact) mass is 575 g/mol. The fraction of sp³-hybridized carbons (Fsp3) is 0.500. The summed E-state index contributed by atoms with van der Waals surface area (Å²) in [5.74, 6) is -3.44. The Kier molecular flexibility index (Phi) is 12.6. The van der Waals surface area contributed by atoms with Crippen LogP contribution in [0.25, 0.3) is 0 Å². The SMILES string of the molecule is CCOC(Cc1ccc(OCCN(CCCCCC(C)(F)F)C(=O)Oc2ccc(C(F)(F)F)cc2)cc1)C(=O)O. The molecule has 40 heavy (non-hydrogen) atoms. The van der Waals surface area contributed by atoms with E-state index in [-0.39, 0.29) is 51.3 Å². The second kappa shape index (κ2) is 15.4. The number of unbranched alkanes of at least 4 members (excludes halogenated alkanes) is 2. The van der Waals surface area contributed by atoms with Crippen molar-refractivity contribution in [1.29, 1.82) is 0 Å². The average molecular weight is 576 g/mol. The zero-order chi connectivity index (χ0) is 29.8. The third-order valence-corrected chi connectivity index (χ3v) is 5.81. The van der Waals surface area contributed by atoms with Gasteiger partial charge in [-0.15, -0.1) is 0 Å². The predicted octanol–water partition coefficient (Wildman–Crippen LogP) is 6.83. The number of carbonyl (C=O) groups excluding carboxylic acids is 1. The molecule has 222 valence electrons. The number of carboxylic acid groups (broad SMARTS) is 1. The highest BCUT2D eigenvalue weighted by atomic mass is 19.4. The van der Waals surface area contributed by atoms with E-state index in [0.717, 1.165) is 36.8 Å². The minimum atomic E-state index is -4.53. The standard InChI is InChI=1S/C28H34F5NO6/c1-3-38-24(25(35)36)19-20-7-11-22(12-8-20)39-18-17-34(16-6-4-5-15-27(2,29)30)26(37)40-23-13-9-21(10-14-23)28(31,32)33/h7-14,24H,3-6,15-19H2,1-2H3,(H,35,36). The fourth-order valence-electron chi connectivity index (χ4n) is 3.71. The van der Waals surface area contributed by atoms with Gasteiger partial charge >= 0.3 is 18.2 Å². The highest BCUT2D eigenvalue weighted by Gasteiger charge is 2.30. The van der Waals surface area contributed by atoms with Crippen molar-refractivity contribution < 1.29 is 50.9 Å². The number of carboxylic acids is 1. The molecule has 0 heterocycles. The number of amides is 1. The molecule has 7 nitrogen and oxygen atoms in total. The Bertz CT molecular complexity index is 1050. The molecule has 12 heteroatoms. The van der Waals surface area contributed by atoms with Crippen molar-refractivity contribution in [2.24, 2.45) is 0 Å². The van der Waals surface area contributed by atoms with E-state index in [2.05, 4.69) is 0 Å². The molecule has 1 atom stereocenters. The summed E-state index contributed by atoms with van der Waals surface area (Å²) in [6, 6.07) is 10.4. The second-order valence-corrected chi connectivity index (χ2v) is 9.24. The lowest BCUT2D eigenvalue weighted by molar-refractivity contribution is -0.150. The summed E-state index contributed by atoms with van der Waals surface area (Å²) in [5, 5.41) is 9.23. The molecule has 0 aliphatic rings. The molecule has 0 saturated carbocycles. The van der Waals surface area contributed by atoms with E-state index in [0.29, 0.717) is 18.6 Å². The summed E-state index contributed by atoms with van der Waals surface area (Å²) in [5.41, 5.74) is -0.153. The molecular weight excluding hydrogens is 541 g/mol. The van der Waals surface area contributed by atoms with Crippen molar-refractivity contribution in [2.75, 3.05) is 26.3 Å². The Labute approximate surface area is 229 Å². The van der Waals surface area contributed by atoms with Crippen molar-refractivity contribution in [1.82, 2.24) is 4.90 Å². The topological polar surface area (TPSA) is 85.3 Å². The lowest BCUT2D eigenvalue weighted by Gasteiger charge is -2.22. The van der Waals surface area contributed by atoms with Gasteiger partial charge in [0.15, 0.2) is 6.10 Å². The molecule has 0 aliphatic carbocycles. The van der Waals surface area contributed by atoms with Crippen LogP contribution >= 0.6 is 0 Å². The first-order valence-corrected chi connectivity index (χ1v) is 12.9. The van der Waals surface area contributed by atoms with Gasteiger partial charge < -0.3 is 24.2 Å². The van der Waals surface area contributed by atoms with E-state index in [9.17, 15) is 36.6 Å². The largest absolute Gasteiger partial charge is 0.492 e. The third kappa shape index (κ3) is 12.2. The number of hydrogen-bond acceptors (Lipinski definition) is 5. The normalized spacial score (nSPS) is 12.6. The number of benzene rings is 2. The van der Waals surface area contributed by atoms with Gasteiger partial charge in [0.1, 0.15) is 18.1 Å². The number of nitrogens with zero attached hydrogens (tertiary/aromatic N) is 1. The Balaban J connectivity index is 1.96. The quantitative estimate of drug-likeness (QED) is 0.174. The van der Waals surface area contributed by atoms with Gasteiger partial charge in [-0.05, 0) is 68.7 Å². The van der Waals surface area contributed by atoms with E-state index >= 15 is 0 Å². The first-order valence-electron chi connectivity index (χ1n) is 12.9. The van der Waals surface area contributed by atoms with Crippen LogP contribution in [0.4, 0.5) is 26.7 Å². The Morgan fingerprint density at radius 2 is 1.52 bits per heavy atom. The molecule has 0 bridgehead atoms. The van der Waals surface area contributed by atoms with E-state index in [1.807, 2.05) is 0 Å². The van der Waals surface area contributed by atoms with Gasteiger partial charge in [0, 0.05) is 26.0 Å². The molecule has 2 rings (SSSR count). The molecule has 0 aliphatic heterocycles. The smallest absolute Gasteiger partial charge is 0.416 e. The first-order chi connectivity index (χ1) is 18.8. The lowest BCUT2D eigenvalue weighted by Crippen LogP contribution is -2.37. The van der Waals surface area contributed by atoms with Crippen molar-refractivity contribution in [2.45, 2.75) is 64.2 Å². The van der Waals surface area contributed by atoms with Crippen LogP contribution in [-0.2, 0) is 22.1 Å². The van der Waals surface area contributed by atoms with Crippen molar-refractivity contribution in [3.8, 4) is 11.5 Å². The predicted molar refractivity (Wildman–Crippen MR) is 137 cm³/mol. The first kappa shape index (κ1) is 32.8. The van der Waals surface area contributed by atoms with Gasteiger partial charge in [0.25, 0.3) is 0 Å². The van der Waals surface area contributed by atoms with Crippen LogP contribution in [0.3, 0.4) is 0 Å². The molecule has 0 spiro atoms. The van der Waals surface area contributed by atoms with E-state index in [1.54, 1.807) is 31.2 Å². The molecule has 0 fully saturated rings. The number of halogens is 5. The number of carbonyl (C=O) groups is 2. The van der Waals surface area contributed by atoms with Crippen molar-refractivity contribution >= 4 is 12.1 Å². The fourth-order valence-corrected chi connectivity index (χ4v) is 3.71. The maximum Gasteiger partial charge on any atom is 0.416 e. The molecule has 0 saturated heterocycles. The Hall–Kier alpha value is -3.41. The van der Waals surface area contributed by atoms with E-state index in [1.165, 1.54) is 4.90 Å². The molecule has 1 amide bonds. The number of alkyl halides is 5. The molecule has 1 unspecified atom stereocenters. The zero-order valence-corrected chi connectivity index (χ0v) is 22.4. The molecule has 1 N–H and O–H groups in total. The van der Waals surface area contributed by atoms with Crippen LogP contribution in [0.5, 0.6) is 11.5 Å². The summed E-state index contributed by atoms with van der Waals surface area (Å²) < 4.78 is 80.7. The van der Waals surface area contributed by atoms with Crippen LogP contribution in [-0.4, -0.2) is 60.4 Å². The van der Waals surface area contributed by atoms with Gasteiger partial charge in [-0.2, -0.15) is 13.2 Å². The molecule has 2 aromatic rings. The third-order valence-electron chi connectivity index (χ3n) is 5.81. The Morgan fingerprint density at radius 3 is 2.08 bits per heavy atom. The second-order valence-electron chi connectivity index (χ2n) is 9.24. The zero-order valence-electron chi connectivity index (χ0n) is 22.4. The maximum absolute atomic E-state index is 13.1. The Morgan fingerprint density at radius 1 is 0.900 bits per heavy atom.